The van der Waals surface area contributed by atoms with Crippen molar-refractivity contribution in [1.82, 2.24) is 4.90 Å². The molecule has 0 radical (unpaired) electrons. The van der Waals surface area contributed by atoms with Gasteiger partial charge in [-0.05, 0) is 38.7 Å². The van der Waals surface area contributed by atoms with Gasteiger partial charge in [0.15, 0.2) is 6.04 Å². The molecule has 0 spiro atoms. The first-order valence-electron chi connectivity index (χ1n) is 6.40. The van der Waals surface area contributed by atoms with Crippen molar-refractivity contribution < 1.29 is 14.3 Å². The number of amides is 1. The van der Waals surface area contributed by atoms with Crippen molar-refractivity contribution in [3.8, 4) is 0 Å². The van der Waals surface area contributed by atoms with Crippen LogP contribution < -0.4 is 11.1 Å². The van der Waals surface area contributed by atoms with Crippen LogP contribution in [0.25, 0.3) is 0 Å². The van der Waals surface area contributed by atoms with Crippen molar-refractivity contribution >= 4 is 17.6 Å². The number of ether oxygens (including phenoxy) is 1. The summed E-state index contributed by atoms with van der Waals surface area (Å²) in [6.07, 6.45) is 0. The van der Waals surface area contributed by atoms with E-state index in [9.17, 15) is 9.59 Å². The molecular weight excluding hydrogens is 258 g/mol. The highest BCUT2D eigenvalue weighted by Crippen LogP contribution is 2.12. The molecule has 6 nitrogen and oxygen atoms in total. The van der Waals surface area contributed by atoms with E-state index in [1.165, 1.54) is 0 Å². The van der Waals surface area contributed by atoms with E-state index in [2.05, 4.69) is 5.32 Å². The summed E-state index contributed by atoms with van der Waals surface area (Å²) >= 11 is 0. The fourth-order valence-corrected chi connectivity index (χ4v) is 1.67. The predicted molar refractivity (Wildman–Crippen MR) is 77.1 cm³/mol. The Bertz CT molecular complexity index is 474. The van der Waals surface area contributed by atoms with Gasteiger partial charge in [0.05, 0.1) is 6.61 Å². The fourth-order valence-electron chi connectivity index (χ4n) is 1.67. The zero-order valence-corrected chi connectivity index (χ0v) is 12.1. The molecule has 0 aliphatic carbocycles. The Labute approximate surface area is 118 Å². The number of nitrogens with two attached hydrogens (primary N) is 1. The predicted octanol–water partition coefficient (Wildman–Crippen LogP) is 0.577. The van der Waals surface area contributed by atoms with Crippen LogP contribution in [-0.4, -0.2) is 43.5 Å². The molecule has 3 N–H and O–H groups in total. The van der Waals surface area contributed by atoms with E-state index in [0.717, 1.165) is 12.1 Å². The zero-order valence-electron chi connectivity index (χ0n) is 12.1. The Hall–Kier alpha value is -1.92. The number of hydrogen-bond acceptors (Lipinski definition) is 5. The topological polar surface area (TPSA) is 84.7 Å². The third-order valence-electron chi connectivity index (χ3n) is 2.52. The van der Waals surface area contributed by atoms with Crippen molar-refractivity contribution in [3.05, 3.63) is 29.8 Å². The summed E-state index contributed by atoms with van der Waals surface area (Å²) < 4.78 is 4.71. The summed E-state index contributed by atoms with van der Waals surface area (Å²) in [6, 6.07) is 6.07. The van der Waals surface area contributed by atoms with Gasteiger partial charge in [-0.25, -0.2) is 4.79 Å². The number of anilines is 1. The Balaban J connectivity index is 2.68. The third kappa shape index (κ3) is 4.99. The highest BCUT2D eigenvalue weighted by atomic mass is 16.5. The molecule has 1 unspecified atom stereocenters. The maximum atomic E-state index is 11.8. The van der Waals surface area contributed by atoms with Gasteiger partial charge in [-0.3, -0.25) is 4.79 Å². The average molecular weight is 279 g/mol. The second kappa shape index (κ2) is 7.62. The van der Waals surface area contributed by atoms with E-state index < -0.39 is 17.9 Å². The molecule has 0 saturated heterocycles. The van der Waals surface area contributed by atoms with Crippen molar-refractivity contribution in [1.29, 1.82) is 0 Å². The van der Waals surface area contributed by atoms with Gasteiger partial charge in [0.25, 0.3) is 5.91 Å². The summed E-state index contributed by atoms with van der Waals surface area (Å²) in [5.41, 5.74) is 7.18. The number of benzene rings is 1. The molecule has 0 fully saturated rings. The van der Waals surface area contributed by atoms with Crippen LogP contribution in [-0.2, 0) is 20.9 Å². The highest BCUT2D eigenvalue weighted by Gasteiger charge is 2.23. The van der Waals surface area contributed by atoms with Crippen LogP contribution in [0.1, 0.15) is 12.5 Å². The van der Waals surface area contributed by atoms with Gasteiger partial charge in [-0.15, -0.1) is 0 Å². The molecule has 0 aromatic heterocycles. The molecule has 0 aliphatic rings. The molecule has 6 heteroatoms. The van der Waals surface area contributed by atoms with Crippen molar-refractivity contribution in [2.24, 2.45) is 5.73 Å². The fraction of sp³-hybridized carbons (Fsp3) is 0.429. The summed E-state index contributed by atoms with van der Waals surface area (Å²) in [5, 5.41) is 2.61. The van der Waals surface area contributed by atoms with Crippen LogP contribution in [0.2, 0.25) is 0 Å². The van der Waals surface area contributed by atoms with Gasteiger partial charge in [0, 0.05) is 12.2 Å². The number of nitrogens with zero attached hydrogens (tertiary/aromatic N) is 1. The van der Waals surface area contributed by atoms with Gasteiger partial charge in [-0.1, -0.05) is 12.1 Å². The Morgan fingerprint density at radius 2 is 2.10 bits per heavy atom. The van der Waals surface area contributed by atoms with Crippen LogP contribution >= 0.6 is 0 Å². The van der Waals surface area contributed by atoms with Crippen molar-refractivity contribution in [3.63, 3.8) is 0 Å². The van der Waals surface area contributed by atoms with Gasteiger partial charge < -0.3 is 20.7 Å². The second-order valence-electron chi connectivity index (χ2n) is 4.66. The van der Waals surface area contributed by atoms with Crippen LogP contribution in [0.3, 0.4) is 0 Å². The molecule has 110 valence electrons. The minimum Gasteiger partial charge on any atom is -0.464 e. The molecule has 1 rings (SSSR count). The number of carbonyl (C=O) groups is 2. The number of esters is 1. The molecular formula is C14H21N3O3. The summed E-state index contributed by atoms with van der Waals surface area (Å²) in [7, 11) is 3.92. The third-order valence-corrected chi connectivity index (χ3v) is 2.52. The van der Waals surface area contributed by atoms with E-state index in [1.54, 1.807) is 13.0 Å². The van der Waals surface area contributed by atoms with E-state index in [0.29, 0.717) is 5.69 Å². The normalized spacial score (nSPS) is 12.1. The quantitative estimate of drug-likeness (QED) is 0.587. The first-order chi connectivity index (χ1) is 9.43. The molecule has 0 saturated carbocycles. The molecule has 20 heavy (non-hydrogen) atoms. The van der Waals surface area contributed by atoms with Gasteiger partial charge >= 0.3 is 5.97 Å². The number of hydrogen-bond donors (Lipinski definition) is 2. The lowest BCUT2D eigenvalue weighted by Gasteiger charge is -2.13. The molecule has 1 atom stereocenters. The van der Waals surface area contributed by atoms with Crippen LogP contribution in [0, 0.1) is 0 Å². The Morgan fingerprint density at radius 1 is 1.40 bits per heavy atom. The average Bonchev–Trinajstić information content (AvgIpc) is 2.37. The van der Waals surface area contributed by atoms with E-state index in [-0.39, 0.29) is 6.61 Å². The SMILES string of the molecule is CCOC(=O)C(N)C(=O)Nc1cccc(CN(C)C)c1. The van der Waals surface area contributed by atoms with Gasteiger partial charge in [0.1, 0.15) is 0 Å². The van der Waals surface area contributed by atoms with E-state index in [1.807, 2.05) is 37.2 Å². The number of carbonyl (C=O) groups excluding carboxylic acids is 2. The maximum Gasteiger partial charge on any atom is 0.332 e. The van der Waals surface area contributed by atoms with E-state index >= 15 is 0 Å². The van der Waals surface area contributed by atoms with Crippen molar-refractivity contribution in [2.45, 2.75) is 19.5 Å². The molecule has 0 aliphatic heterocycles. The molecule has 1 aromatic rings. The van der Waals surface area contributed by atoms with Crippen molar-refractivity contribution in [2.75, 3.05) is 26.0 Å². The monoisotopic (exact) mass is 279 g/mol. The van der Waals surface area contributed by atoms with Gasteiger partial charge in [-0.2, -0.15) is 0 Å². The van der Waals surface area contributed by atoms with E-state index in [4.69, 9.17) is 10.5 Å². The van der Waals surface area contributed by atoms with Crippen LogP contribution in [0.15, 0.2) is 24.3 Å². The standard InChI is InChI=1S/C14H21N3O3/c1-4-20-14(19)12(15)13(18)16-11-7-5-6-10(8-11)9-17(2)3/h5-8,12H,4,9,15H2,1-3H3,(H,16,18). The summed E-state index contributed by atoms with van der Waals surface area (Å²) in [4.78, 5) is 25.2. The molecule has 0 heterocycles. The molecule has 0 bridgehead atoms. The first-order valence-corrected chi connectivity index (χ1v) is 6.40. The largest absolute Gasteiger partial charge is 0.464 e. The molecule has 1 amide bonds. The highest BCUT2D eigenvalue weighted by molar-refractivity contribution is 6.08. The number of nitrogens with one attached hydrogen (secondary N) is 1. The minimum atomic E-state index is -1.31. The van der Waals surface area contributed by atoms with Crippen LogP contribution in [0.4, 0.5) is 5.69 Å². The smallest absolute Gasteiger partial charge is 0.332 e. The maximum absolute atomic E-state index is 11.8. The lowest BCUT2D eigenvalue weighted by molar-refractivity contribution is -0.146. The second-order valence-corrected chi connectivity index (χ2v) is 4.66. The van der Waals surface area contributed by atoms with Gasteiger partial charge in [0.2, 0.25) is 0 Å². The lowest BCUT2D eigenvalue weighted by Crippen LogP contribution is -2.43. The Morgan fingerprint density at radius 3 is 2.70 bits per heavy atom. The first kappa shape index (κ1) is 16.1. The molecule has 1 aromatic carbocycles. The Kier molecular flexibility index (Phi) is 6.14. The lowest BCUT2D eigenvalue weighted by atomic mass is 10.2. The summed E-state index contributed by atoms with van der Waals surface area (Å²) in [6.45, 7) is 2.61. The summed E-state index contributed by atoms with van der Waals surface area (Å²) in [5.74, 6) is -1.31. The minimum absolute atomic E-state index is 0.193. The number of rotatable bonds is 6. The van der Waals surface area contributed by atoms with Crippen LogP contribution in [0.5, 0.6) is 0 Å². The zero-order chi connectivity index (χ0) is 15.1.